The van der Waals surface area contributed by atoms with Gasteiger partial charge in [0.15, 0.2) is 0 Å². The van der Waals surface area contributed by atoms with Gasteiger partial charge in [0.25, 0.3) is 0 Å². The molecule has 0 spiro atoms. The monoisotopic (exact) mass is 288 g/mol. The molecule has 1 fully saturated rings. The Kier molecular flexibility index (Phi) is 3.57. The van der Waals surface area contributed by atoms with Crippen molar-refractivity contribution < 1.29 is 14.3 Å². The molecule has 21 heavy (non-hydrogen) atoms. The number of esters is 1. The molecule has 0 aromatic heterocycles. The molecule has 5 nitrogen and oxygen atoms in total. The maximum atomic E-state index is 12.4. The second-order valence-corrected chi connectivity index (χ2v) is 5.82. The summed E-state index contributed by atoms with van der Waals surface area (Å²) in [5.74, 6) is -0.369. The minimum atomic E-state index is -0.960. The Morgan fingerprint density at radius 1 is 1.14 bits per heavy atom. The van der Waals surface area contributed by atoms with Crippen LogP contribution >= 0.6 is 0 Å². The molecule has 1 aromatic carbocycles. The summed E-state index contributed by atoms with van der Waals surface area (Å²) in [6.45, 7) is 1.52. The largest absolute Gasteiger partial charge is 0.467 e. The van der Waals surface area contributed by atoms with E-state index in [9.17, 15) is 9.59 Å². The number of hydrogen-bond donors (Lipinski definition) is 1. The van der Waals surface area contributed by atoms with Gasteiger partial charge in [0.05, 0.1) is 7.11 Å². The molecule has 1 saturated heterocycles. The van der Waals surface area contributed by atoms with Gasteiger partial charge in [-0.05, 0) is 24.0 Å². The number of benzene rings is 1. The molecule has 2 aliphatic rings. The normalized spacial score (nSPS) is 19.2. The van der Waals surface area contributed by atoms with E-state index in [0.717, 1.165) is 37.1 Å². The van der Waals surface area contributed by atoms with Gasteiger partial charge in [-0.15, -0.1) is 0 Å². The number of likely N-dealkylation sites (tertiary alicyclic amines) is 1. The van der Waals surface area contributed by atoms with Crippen LogP contribution < -0.4 is 5.32 Å². The van der Waals surface area contributed by atoms with Crippen LogP contribution in [0.4, 0.5) is 4.79 Å². The van der Waals surface area contributed by atoms with Crippen molar-refractivity contribution in [2.45, 2.75) is 31.2 Å². The average Bonchev–Trinajstić information content (AvgIpc) is 3.13. The molecule has 0 saturated carbocycles. The highest BCUT2D eigenvalue weighted by Gasteiger charge is 2.46. The van der Waals surface area contributed by atoms with Crippen LogP contribution in [0.5, 0.6) is 0 Å². The number of methoxy groups -OCH3 is 1. The topological polar surface area (TPSA) is 58.6 Å². The number of hydrogen-bond acceptors (Lipinski definition) is 3. The number of amides is 2. The SMILES string of the molecule is COC(=O)C1(NC(=O)N2CCCC2)Cc2ccccc2C1. The molecule has 3 rings (SSSR count). The molecule has 0 radical (unpaired) electrons. The molecule has 1 aliphatic heterocycles. The maximum Gasteiger partial charge on any atom is 0.332 e. The van der Waals surface area contributed by atoms with E-state index < -0.39 is 5.54 Å². The van der Waals surface area contributed by atoms with Crippen LogP contribution in [-0.2, 0) is 22.4 Å². The van der Waals surface area contributed by atoms with Crippen molar-refractivity contribution in [3.63, 3.8) is 0 Å². The van der Waals surface area contributed by atoms with Gasteiger partial charge in [0, 0.05) is 25.9 Å². The number of carbonyl (C=O) groups excluding carboxylic acids is 2. The molecule has 1 heterocycles. The lowest BCUT2D eigenvalue weighted by atomic mass is 9.96. The molecule has 0 bridgehead atoms. The van der Waals surface area contributed by atoms with Gasteiger partial charge in [-0.2, -0.15) is 0 Å². The van der Waals surface area contributed by atoms with E-state index in [2.05, 4.69) is 5.32 Å². The molecular formula is C16H20N2O3. The Labute approximate surface area is 124 Å². The Bertz CT molecular complexity index is 539. The summed E-state index contributed by atoms with van der Waals surface area (Å²) in [6.07, 6.45) is 3.04. The van der Waals surface area contributed by atoms with E-state index >= 15 is 0 Å². The number of nitrogens with zero attached hydrogens (tertiary/aromatic N) is 1. The highest BCUT2D eigenvalue weighted by atomic mass is 16.5. The van der Waals surface area contributed by atoms with E-state index in [1.54, 1.807) is 4.90 Å². The van der Waals surface area contributed by atoms with Gasteiger partial charge in [-0.25, -0.2) is 9.59 Å². The summed E-state index contributed by atoms with van der Waals surface area (Å²) in [7, 11) is 1.37. The van der Waals surface area contributed by atoms with Gasteiger partial charge >= 0.3 is 12.0 Å². The fourth-order valence-corrected chi connectivity index (χ4v) is 3.30. The zero-order chi connectivity index (χ0) is 14.9. The fraction of sp³-hybridized carbons (Fsp3) is 0.500. The highest BCUT2D eigenvalue weighted by Crippen LogP contribution is 2.31. The van der Waals surface area contributed by atoms with Crippen LogP contribution in [-0.4, -0.2) is 42.6 Å². The molecule has 5 heteroatoms. The van der Waals surface area contributed by atoms with Crippen LogP contribution in [0.25, 0.3) is 0 Å². The number of urea groups is 1. The number of fused-ring (bicyclic) bond motifs is 1. The molecule has 112 valence electrons. The lowest BCUT2D eigenvalue weighted by molar-refractivity contribution is -0.147. The molecule has 2 amide bonds. The van der Waals surface area contributed by atoms with Crippen molar-refractivity contribution in [2.75, 3.05) is 20.2 Å². The first-order valence-corrected chi connectivity index (χ1v) is 7.37. The van der Waals surface area contributed by atoms with Crippen molar-refractivity contribution >= 4 is 12.0 Å². The van der Waals surface area contributed by atoms with E-state index in [1.807, 2.05) is 24.3 Å². The zero-order valence-electron chi connectivity index (χ0n) is 12.2. The third kappa shape index (κ3) is 2.48. The Morgan fingerprint density at radius 2 is 1.71 bits per heavy atom. The van der Waals surface area contributed by atoms with Crippen LogP contribution in [0.1, 0.15) is 24.0 Å². The number of ether oxygens (including phenoxy) is 1. The van der Waals surface area contributed by atoms with E-state index in [0.29, 0.717) is 12.8 Å². The summed E-state index contributed by atoms with van der Waals surface area (Å²) >= 11 is 0. The van der Waals surface area contributed by atoms with Crippen LogP contribution in [0, 0.1) is 0 Å². The molecule has 1 aliphatic carbocycles. The molecule has 1 N–H and O–H groups in total. The summed E-state index contributed by atoms with van der Waals surface area (Å²) in [5, 5.41) is 2.94. The summed E-state index contributed by atoms with van der Waals surface area (Å²) < 4.78 is 4.96. The van der Waals surface area contributed by atoms with Gasteiger partial charge in [-0.3, -0.25) is 0 Å². The first-order chi connectivity index (χ1) is 10.1. The average molecular weight is 288 g/mol. The number of rotatable bonds is 2. The second kappa shape index (κ2) is 5.39. The second-order valence-electron chi connectivity index (χ2n) is 5.82. The molecular weight excluding hydrogens is 268 g/mol. The smallest absolute Gasteiger partial charge is 0.332 e. The Hall–Kier alpha value is -2.04. The van der Waals surface area contributed by atoms with Gasteiger partial charge in [0.2, 0.25) is 0 Å². The highest BCUT2D eigenvalue weighted by molar-refractivity contribution is 5.89. The number of carbonyl (C=O) groups is 2. The van der Waals surface area contributed by atoms with E-state index in [4.69, 9.17) is 4.74 Å². The predicted octanol–water partition coefficient (Wildman–Crippen LogP) is 1.50. The fourth-order valence-electron chi connectivity index (χ4n) is 3.30. The van der Waals surface area contributed by atoms with Crippen molar-refractivity contribution in [2.24, 2.45) is 0 Å². The number of nitrogens with one attached hydrogen (secondary N) is 1. The predicted molar refractivity (Wildman–Crippen MR) is 77.9 cm³/mol. The third-order valence-corrected chi connectivity index (χ3v) is 4.42. The minimum absolute atomic E-state index is 0.161. The Morgan fingerprint density at radius 3 is 2.24 bits per heavy atom. The van der Waals surface area contributed by atoms with Gasteiger partial charge in [-0.1, -0.05) is 24.3 Å². The summed E-state index contributed by atoms with van der Waals surface area (Å²) in [4.78, 5) is 26.5. The van der Waals surface area contributed by atoms with Crippen molar-refractivity contribution in [3.8, 4) is 0 Å². The van der Waals surface area contributed by atoms with Crippen LogP contribution in [0.15, 0.2) is 24.3 Å². The molecule has 0 unspecified atom stereocenters. The quantitative estimate of drug-likeness (QED) is 0.839. The standard InChI is InChI=1S/C16H20N2O3/c1-21-14(19)16(17-15(20)18-8-4-5-9-18)10-12-6-2-3-7-13(12)11-16/h2-3,6-7H,4-5,8-11H2,1H3,(H,17,20). The van der Waals surface area contributed by atoms with Crippen molar-refractivity contribution in [1.29, 1.82) is 0 Å². The Balaban J connectivity index is 1.83. The van der Waals surface area contributed by atoms with Crippen LogP contribution in [0.2, 0.25) is 0 Å². The maximum absolute atomic E-state index is 12.4. The van der Waals surface area contributed by atoms with Gasteiger partial charge < -0.3 is 15.0 Å². The molecule has 0 atom stereocenters. The summed E-state index contributed by atoms with van der Waals surface area (Å²) in [5.41, 5.74) is 1.24. The van der Waals surface area contributed by atoms with Crippen LogP contribution in [0.3, 0.4) is 0 Å². The van der Waals surface area contributed by atoms with Crippen molar-refractivity contribution in [1.82, 2.24) is 10.2 Å². The lowest BCUT2D eigenvalue weighted by Gasteiger charge is -2.29. The molecule has 1 aromatic rings. The zero-order valence-corrected chi connectivity index (χ0v) is 12.2. The van der Waals surface area contributed by atoms with E-state index in [1.165, 1.54) is 7.11 Å². The lowest BCUT2D eigenvalue weighted by Crippen LogP contribution is -2.58. The van der Waals surface area contributed by atoms with Gasteiger partial charge in [0.1, 0.15) is 5.54 Å². The first-order valence-electron chi connectivity index (χ1n) is 7.37. The third-order valence-electron chi connectivity index (χ3n) is 4.42. The van der Waals surface area contributed by atoms with Crippen molar-refractivity contribution in [3.05, 3.63) is 35.4 Å². The minimum Gasteiger partial charge on any atom is -0.467 e. The summed E-state index contributed by atoms with van der Waals surface area (Å²) in [6, 6.07) is 7.75. The van der Waals surface area contributed by atoms with E-state index in [-0.39, 0.29) is 12.0 Å². The first kappa shape index (κ1) is 13.9.